The Labute approximate surface area is 220 Å². The van der Waals surface area contributed by atoms with Gasteiger partial charge in [0.15, 0.2) is 5.82 Å². The maximum atomic E-state index is 13.3. The Bertz CT molecular complexity index is 1480. The molecule has 1 aliphatic carbocycles. The summed E-state index contributed by atoms with van der Waals surface area (Å²) in [5.41, 5.74) is 10.8. The van der Waals surface area contributed by atoms with Crippen molar-refractivity contribution in [1.29, 1.82) is 0 Å². The van der Waals surface area contributed by atoms with Gasteiger partial charge in [0, 0.05) is 36.6 Å². The van der Waals surface area contributed by atoms with Crippen molar-refractivity contribution in [2.24, 2.45) is 0 Å². The highest BCUT2D eigenvalue weighted by atomic mass is 16.5. The van der Waals surface area contributed by atoms with Crippen molar-refractivity contribution >= 4 is 17.2 Å². The molecule has 10 heteroatoms. The molecule has 6 rings (SSSR count). The molecule has 198 valence electrons. The lowest BCUT2D eigenvalue weighted by Gasteiger charge is -2.44. The largest absolute Gasteiger partial charge is 0.393 e. The summed E-state index contributed by atoms with van der Waals surface area (Å²) in [4.78, 5) is 17.6. The van der Waals surface area contributed by atoms with Crippen LogP contribution in [0.25, 0.3) is 28.0 Å². The maximum absolute atomic E-state index is 13.3. The number of hydrogen-bond acceptors (Lipinski definition) is 7. The second-order valence-corrected chi connectivity index (χ2v) is 10.7. The van der Waals surface area contributed by atoms with Crippen molar-refractivity contribution in [3.63, 3.8) is 0 Å². The number of nitrogen functional groups attached to an aromatic ring is 1. The van der Waals surface area contributed by atoms with Crippen LogP contribution in [0.15, 0.2) is 48.9 Å². The molecule has 1 aromatic carbocycles. The summed E-state index contributed by atoms with van der Waals surface area (Å²) in [7, 11) is 0. The molecule has 0 spiro atoms. The van der Waals surface area contributed by atoms with E-state index >= 15 is 0 Å². The van der Waals surface area contributed by atoms with Crippen molar-refractivity contribution in [2.75, 3.05) is 18.9 Å². The van der Waals surface area contributed by atoms with Gasteiger partial charge in [-0.3, -0.25) is 9.48 Å². The fourth-order valence-electron chi connectivity index (χ4n) is 5.89. The molecule has 4 N–H and O–H groups in total. The number of fused-ring (bicyclic) bond motifs is 1. The Kier molecular flexibility index (Phi) is 6.16. The van der Waals surface area contributed by atoms with Crippen molar-refractivity contribution in [3.8, 4) is 22.5 Å². The summed E-state index contributed by atoms with van der Waals surface area (Å²) in [6.45, 7) is 5.32. The van der Waals surface area contributed by atoms with E-state index in [2.05, 4.69) is 31.2 Å². The van der Waals surface area contributed by atoms with E-state index in [-0.39, 0.29) is 18.0 Å². The predicted octanol–water partition coefficient (Wildman–Crippen LogP) is 3.11. The Morgan fingerprint density at radius 1 is 1.16 bits per heavy atom. The summed E-state index contributed by atoms with van der Waals surface area (Å²) >= 11 is 0. The van der Waals surface area contributed by atoms with Gasteiger partial charge in [0.05, 0.1) is 28.9 Å². The zero-order valence-corrected chi connectivity index (χ0v) is 21.7. The van der Waals surface area contributed by atoms with E-state index in [1.165, 1.54) is 6.33 Å². The van der Waals surface area contributed by atoms with Crippen LogP contribution in [0, 0.1) is 0 Å². The van der Waals surface area contributed by atoms with Crippen LogP contribution in [0.4, 0.5) is 5.82 Å². The number of aromatic nitrogens is 5. The highest BCUT2D eigenvalue weighted by molar-refractivity contribution is 5.92. The monoisotopic (exact) mass is 515 g/mol. The lowest BCUT2D eigenvalue weighted by molar-refractivity contribution is -0.135. The highest BCUT2D eigenvalue weighted by Gasteiger charge is 2.51. The number of rotatable bonds is 6. The Hall–Kier alpha value is -3.76. The lowest BCUT2D eigenvalue weighted by atomic mass is 9.61. The van der Waals surface area contributed by atoms with Crippen LogP contribution in [-0.2, 0) is 14.9 Å². The molecule has 3 aromatic heterocycles. The van der Waals surface area contributed by atoms with Crippen molar-refractivity contribution in [1.82, 2.24) is 29.7 Å². The summed E-state index contributed by atoms with van der Waals surface area (Å²) < 4.78 is 9.44. The molecule has 1 aliphatic heterocycles. The maximum Gasteiger partial charge on any atom is 0.231 e. The Balaban J connectivity index is 1.46. The average Bonchev–Trinajstić information content (AvgIpc) is 3.52. The van der Waals surface area contributed by atoms with Crippen LogP contribution in [0.2, 0.25) is 0 Å². The van der Waals surface area contributed by atoms with Crippen molar-refractivity contribution < 1.29 is 14.6 Å². The van der Waals surface area contributed by atoms with Crippen LogP contribution in [0.3, 0.4) is 0 Å². The van der Waals surface area contributed by atoms with Crippen LogP contribution in [0.1, 0.15) is 51.1 Å². The van der Waals surface area contributed by atoms with Crippen molar-refractivity contribution in [3.05, 3.63) is 54.5 Å². The van der Waals surface area contributed by atoms with Gasteiger partial charge >= 0.3 is 0 Å². The second-order valence-electron chi connectivity index (χ2n) is 10.7. The molecule has 0 atom stereocenters. The first kappa shape index (κ1) is 24.6. The number of anilines is 1. The first-order chi connectivity index (χ1) is 18.4. The number of amides is 1. The summed E-state index contributed by atoms with van der Waals surface area (Å²) in [6.07, 6.45) is 5.36. The number of carbonyl (C=O) groups excluding carboxylic acids is 1. The van der Waals surface area contributed by atoms with E-state index in [4.69, 9.17) is 10.5 Å². The van der Waals surface area contributed by atoms with E-state index in [9.17, 15) is 9.90 Å². The molecule has 4 aromatic rings. The third-order valence-electron chi connectivity index (χ3n) is 7.80. The summed E-state index contributed by atoms with van der Waals surface area (Å²) in [6, 6.07) is 12.3. The zero-order valence-electron chi connectivity index (χ0n) is 21.7. The fourth-order valence-corrected chi connectivity index (χ4v) is 5.89. The SMILES string of the molecule is CC(C)NC(=O)C1(c2cccc(-c3cc(-c4ccnn4C4CCOCC4)c4c(N)ncnn34)c2)CC(O)C1. The highest BCUT2D eigenvalue weighted by Crippen LogP contribution is 2.46. The molecule has 2 fully saturated rings. The van der Waals surface area contributed by atoms with E-state index in [0.717, 1.165) is 40.9 Å². The Morgan fingerprint density at radius 2 is 1.95 bits per heavy atom. The number of ether oxygens (including phenoxy) is 1. The van der Waals surface area contributed by atoms with Crippen LogP contribution < -0.4 is 11.1 Å². The van der Waals surface area contributed by atoms with E-state index < -0.39 is 11.5 Å². The van der Waals surface area contributed by atoms with Gasteiger partial charge in [-0.1, -0.05) is 18.2 Å². The quantitative estimate of drug-likeness (QED) is 0.359. The summed E-state index contributed by atoms with van der Waals surface area (Å²) in [5.74, 6) is 0.328. The number of aliphatic hydroxyl groups is 1. The van der Waals surface area contributed by atoms with E-state index in [1.54, 1.807) is 0 Å². The average molecular weight is 516 g/mol. The van der Waals surface area contributed by atoms with Gasteiger partial charge in [-0.2, -0.15) is 10.2 Å². The number of benzene rings is 1. The topological polar surface area (TPSA) is 133 Å². The van der Waals surface area contributed by atoms with E-state index in [1.807, 2.05) is 54.9 Å². The summed E-state index contributed by atoms with van der Waals surface area (Å²) in [5, 5.41) is 22.5. The van der Waals surface area contributed by atoms with Crippen LogP contribution in [0.5, 0.6) is 0 Å². The number of aliphatic hydroxyl groups excluding tert-OH is 1. The fraction of sp³-hybridized carbons (Fsp3) is 0.429. The number of hydrogen-bond donors (Lipinski definition) is 3. The molecule has 1 saturated heterocycles. The third kappa shape index (κ3) is 4.04. The van der Waals surface area contributed by atoms with Gasteiger partial charge in [-0.05, 0) is 63.3 Å². The molecular formula is C28H33N7O3. The molecule has 1 amide bonds. The predicted molar refractivity (Wildman–Crippen MR) is 143 cm³/mol. The van der Waals surface area contributed by atoms with Crippen molar-refractivity contribution in [2.45, 2.75) is 63.1 Å². The van der Waals surface area contributed by atoms with Gasteiger partial charge in [0.25, 0.3) is 0 Å². The first-order valence-electron chi connectivity index (χ1n) is 13.2. The normalized spacial score (nSPS) is 22.1. The van der Waals surface area contributed by atoms with E-state index in [0.29, 0.717) is 37.4 Å². The molecule has 0 unspecified atom stereocenters. The molecule has 38 heavy (non-hydrogen) atoms. The smallest absolute Gasteiger partial charge is 0.231 e. The minimum absolute atomic E-state index is 0.0117. The first-order valence-corrected chi connectivity index (χ1v) is 13.2. The number of nitrogens with zero attached hydrogens (tertiary/aromatic N) is 5. The molecule has 0 radical (unpaired) electrons. The van der Waals surface area contributed by atoms with Crippen LogP contribution >= 0.6 is 0 Å². The van der Waals surface area contributed by atoms with Gasteiger partial charge in [-0.15, -0.1) is 0 Å². The lowest BCUT2D eigenvalue weighted by Crippen LogP contribution is -2.56. The second kappa shape index (κ2) is 9.52. The van der Waals surface area contributed by atoms with Gasteiger partial charge in [0.2, 0.25) is 5.91 Å². The van der Waals surface area contributed by atoms with Gasteiger partial charge < -0.3 is 20.9 Å². The molecule has 1 saturated carbocycles. The Morgan fingerprint density at radius 3 is 2.68 bits per heavy atom. The van der Waals surface area contributed by atoms with Crippen LogP contribution in [-0.4, -0.2) is 60.8 Å². The molecule has 2 aliphatic rings. The molecule has 10 nitrogen and oxygen atoms in total. The molecule has 4 heterocycles. The third-order valence-corrected chi connectivity index (χ3v) is 7.80. The minimum Gasteiger partial charge on any atom is -0.393 e. The minimum atomic E-state index is -0.759. The number of nitrogens with one attached hydrogen (secondary N) is 1. The van der Waals surface area contributed by atoms with Gasteiger partial charge in [-0.25, -0.2) is 9.50 Å². The molecule has 0 bridgehead atoms. The number of nitrogens with two attached hydrogens (primary N) is 1. The standard InChI is InChI=1S/C28H33N7O3/c1-17(2)33-27(37)28(14-21(36)15-28)19-5-3-4-18(12-19)24-13-22(25-26(29)30-16-32-35(24)25)23-6-9-31-34(23)20-7-10-38-11-8-20/h3-6,9,12-13,16-17,20-21,36H,7-8,10-11,14-15H2,1-2H3,(H,33,37)(H2,29,30,32). The zero-order chi connectivity index (χ0) is 26.4. The number of carbonyl (C=O) groups is 1. The van der Waals surface area contributed by atoms with Gasteiger partial charge in [0.1, 0.15) is 11.8 Å². The molecular weight excluding hydrogens is 482 g/mol.